The molecule has 1 spiro atoms. The molecule has 200 valence electrons. The number of carbonyl (C=O) groups is 3. The Morgan fingerprint density at radius 3 is 2.20 bits per heavy atom. The normalized spacial score (nSPS) is 21.5. The molecule has 0 unspecified atom stereocenters. The van der Waals surface area contributed by atoms with E-state index in [4.69, 9.17) is 11.6 Å². The molecule has 3 atom stereocenters. The highest BCUT2D eigenvalue weighted by Crippen LogP contribution is 2.61. The summed E-state index contributed by atoms with van der Waals surface area (Å²) in [7, 11) is 0. The van der Waals surface area contributed by atoms with Gasteiger partial charge in [-0.15, -0.1) is 0 Å². The zero-order chi connectivity index (χ0) is 28.5. The van der Waals surface area contributed by atoms with Gasteiger partial charge in [0.2, 0.25) is 0 Å². The van der Waals surface area contributed by atoms with Gasteiger partial charge in [0.15, 0.2) is 17.3 Å². The van der Waals surface area contributed by atoms with Crippen LogP contribution in [0.4, 0.5) is 11.4 Å². The van der Waals surface area contributed by atoms with Gasteiger partial charge in [-0.2, -0.15) is 0 Å². The average molecular weight is 561 g/mol. The Morgan fingerprint density at radius 2 is 1.51 bits per heavy atom. The molecule has 4 aromatic carbocycles. The molecule has 7 nitrogen and oxygen atoms in total. The molecule has 3 aliphatic rings. The highest BCUT2D eigenvalue weighted by molar-refractivity contribution is 6.32. The van der Waals surface area contributed by atoms with Crippen molar-refractivity contribution in [3.63, 3.8) is 0 Å². The molecule has 2 heterocycles. The lowest BCUT2D eigenvalue weighted by Gasteiger charge is -2.37. The number of rotatable bonds is 4. The van der Waals surface area contributed by atoms with Gasteiger partial charge in [0, 0.05) is 45.5 Å². The van der Waals surface area contributed by atoms with E-state index in [9.17, 15) is 24.5 Å². The molecule has 4 aromatic rings. The molecule has 0 amide bonds. The fraction of sp³-hybridized carbons (Fsp3) is 0.121. The molecule has 0 radical (unpaired) electrons. The van der Waals surface area contributed by atoms with Gasteiger partial charge in [0.05, 0.1) is 11.0 Å². The number of nitrogens with zero attached hydrogens (tertiary/aromatic N) is 2. The first kappa shape index (κ1) is 25.1. The maximum absolute atomic E-state index is 14.6. The first-order valence-corrected chi connectivity index (χ1v) is 13.5. The molecule has 0 aromatic heterocycles. The van der Waals surface area contributed by atoms with Crippen molar-refractivity contribution in [2.45, 2.75) is 18.0 Å². The number of benzene rings is 4. The molecular weight excluding hydrogens is 540 g/mol. The van der Waals surface area contributed by atoms with Gasteiger partial charge in [-0.05, 0) is 29.3 Å². The van der Waals surface area contributed by atoms with Crippen LogP contribution in [0.1, 0.15) is 48.1 Å². The Hall–Kier alpha value is -4.88. The van der Waals surface area contributed by atoms with E-state index < -0.39 is 34.1 Å². The Balaban J connectivity index is 1.54. The third-order valence-electron chi connectivity index (χ3n) is 8.55. The fourth-order valence-electron chi connectivity index (χ4n) is 6.90. The molecule has 0 N–H and O–H groups in total. The lowest BCUT2D eigenvalue weighted by molar-refractivity contribution is -0.384. The number of fused-ring (bicyclic) bond motifs is 5. The number of hydrogen-bond acceptors (Lipinski definition) is 6. The minimum absolute atomic E-state index is 0.126. The topological polar surface area (TPSA) is 97.6 Å². The van der Waals surface area contributed by atoms with Crippen molar-refractivity contribution in [2.24, 2.45) is 5.41 Å². The van der Waals surface area contributed by atoms with E-state index in [0.29, 0.717) is 27.4 Å². The van der Waals surface area contributed by atoms with Gasteiger partial charge < -0.3 is 4.90 Å². The minimum Gasteiger partial charge on any atom is -0.352 e. The average Bonchev–Trinajstić information content (AvgIpc) is 3.43. The van der Waals surface area contributed by atoms with Crippen molar-refractivity contribution >= 4 is 46.4 Å². The summed E-state index contributed by atoms with van der Waals surface area (Å²) in [5.74, 6) is -2.02. The maximum atomic E-state index is 14.6. The molecule has 1 aliphatic carbocycles. The van der Waals surface area contributed by atoms with E-state index in [1.165, 1.54) is 24.3 Å². The lowest BCUT2D eigenvalue weighted by atomic mass is 9.64. The van der Waals surface area contributed by atoms with Crippen molar-refractivity contribution in [3.8, 4) is 0 Å². The van der Waals surface area contributed by atoms with E-state index in [-0.39, 0.29) is 22.8 Å². The number of hydrogen-bond donors (Lipinski definition) is 0. The zero-order valence-corrected chi connectivity index (χ0v) is 22.2. The van der Waals surface area contributed by atoms with E-state index in [1.54, 1.807) is 48.5 Å². The van der Waals surface area contributed by atoms with Gasteiger partial charge in [-0.25, -0.2) is 0 Å². The second kappa shape index (κ2) is 9.08. The first-order valence-electron chi connectivity index (χ1n) is 13.1. The molecule has 1 fully saturated rings. The summed E-state index contributed by atoms with van der Waals surface area (Å²) in [5.41, 5.74) is 1.05. The van der Waals surface area contributed by atoms with Crippen LogP contribution < -0.4 is 4.90 Å². The van der Waals surface area contributed by atoms with Gasteiger partial charge in [0.1, 0.15) is 11.5 Å². The highest BCUT2D eigenvalue weighted by atomic mass is 35.5. The van der Waals surface area contributed by atoms with Crippen molar-refractivity contribution in [3.05, 3.63) is 146 Å². The number of carbonyl (C=O) groups excluding carboxylic acids is 3. The summed E-state index contributed by atoms with van der Waals surface area (Å²) in [5, 5.41) is 12.1. The van der Waals surface area contributed by atoms with Gasteiger partial charge in [-0.1, -0.05) is 90.5 Å². The first-order chi connectivity index (χ1) is 19.8. The van der Waals surface area contributed by atoms with E-state index in [2.05, 4.69) is 0 Å². The number of nitro groups is 1. The Labute approximate surface area is 239 Å². The van der Waals surface area contributed by atoms with Crippen LogP contribution in [0.2, 0.25) is 5.02 Å². The predicted octanol–water partition coefficient (Wildman–Crippen LogP) is 6.56. The van der Waals surface area contributed by atoms with E-state index in [1.807, 2.05) is 41.3 Å². The standard InChI is InChI=1S/C33H21ClN2O5/c34-22-15-12-20(13-16-22)28-29(30(37)21-7-5-8-23(18-21)36(40)41)35-26-11-4-1-6-19(26)14-17-27(35)33(28)31(38)24-9-2-3-10-25(24)32(33)39/h1-18,27-29H/t27-,28+,29-/m0/s1. The Bertz CT molecular complexity index is 1790. The SMILES string of the molecule is O=C(c1cccc([N+](=O)[O-])c1)[C@@H]1[C@@H](c2ccc(Cl)cc2)C2(C(=O)c3ccccc3C2=O)[C@@H]2C=Cc3ccccc3N12. The van der Waals surface area contributed by atoms with Crippen molar-refractivity contribution in [1.82, 2.24) is 0 Å². The summed E-state index contributed by atoms with van der Waals surface area (Å²) in [4.78, 5) is 56.7. The highest BCUT2D eigenvalue weighted by Gasteiger charge is 2.71. The second-order valence-electron chi connectivity index (χ2n) is 10.5. The summed E-state index contributed by atoms with van der Waals surface area (Å²) in [6.07, 6.45) is 3.73. The number of ketones is 3. The van der Waals surface area contributed by atoms with Gasteiger partial charge >= 0.3 is 0 Å². The summed E-state index contributed by atoms with van der Waals surface area (Å²) in [6, 6.07) is 24.9. The molecule has 0 saturated carbocycles. The maximum Gasteiger partial charge on any atom is 0.270 e. The fourth-order valence-corrected chi connectivity index (χ4v) is 7.03. The lowest BCUT2D eigenvalue weighted by Crippen LogP contribution is -2.48. The largest absolute Gasteiger partial charge is 0.352 e. The summed E-state index contributed by atoms with van der Waals surface area (Å²) < 4.78 is 0. The molecule has 8 heteroatoms. The number of Topliss-reactive ketones (excluding diaryl/α,β-unsaturated/α-hetero) is 3. The van der Waals surface area contributed by atoms with Crippen LogP contribution in [0, 0.1) is 15.5 Å². The summed E-state index contributed by atoms with van der Waals surface area (Å²) in [6.45, 7) is 0. The molecular formula is C33H21ClN2O5. The van der Waals surface area contributed by atoms with Crippen molar-refractivity contribution < 1.29 is 19.3 Å². The number of non-ortho nitro benzene ring substituents is 1. The van der Waals surface area contributed by atoms with Crippen LogP contribution in [-0.4, -0.2) is 34.4 Å². The number of anilines is 1. The van der Waals surface area contributed by atoms with Gasteiger partial charge in [-0.3, -0.25) is 24.5 Å². The monoisotopic (exact) mass is 560 g/mol. The minimum atomic E-state index is -1.65. The van der Waals surface area contributed by atoms with E-state index >= 15 is 0 Å². The molecule has 41 heavy (non-hydrogen) atoms. The van der Waals surface area contributed by atoms with Crippen molar-refractivity contribution in [2.75, 3.05) is 4.90 Å². The third kappa shape index (κ3) is 3.42. The smallest absolute Gasteiger partial charge is 0.270 e. The molecule has 2 aliphatic heterocycles. The summed E-state index contributed by atoms with van der Waals surface area (Å²) >= 11 is 6.24. The Morgan fingerprint density at radius 1 is 0.854 bits per heavy atom. The van der Waals surface area contributed by atoms with Crippen LogP contribution in [0.25, 0.3) is 6.08 Å². The number of para-hydroxylation sites is 1. The van der Waals surface area contributed by atoms with Crippen LogP contribution in [-0.2, 0) is 0 Å². The number of halogens is 1. The second-order valence-corrected chi connectivity index (χ2v) is 10.9. The Kier molecular flexibility index (Phi) is 5.56. The molecule has 7 rings (SSSR count). The van der Waals surface area contributed by atoms with Crippen molar-refractivity contribution in [1.29, 1.82) is 0 Å². The van der Waals surface area contributed by atoms with Crippen LogP contribution >= 0.6 is 11.6 Å². The molecule has 0 bridgehead atoms. The van der Waals surface area contributed by atoms with Crippen LogP contribution in [0.3, 0.4) is 0 Å². The quantitative estimate of drug-likeness (QED) is 0.121. The zero-order valence-electron chi connectivity index (χ0n) is 21.4. The van der Waals surface area contributed by atoms with E-state index in [0.717, 1.165) is 5.56 Å². The predicted molar refractivity (Wildman–Crippen MR) is 155 cm³/mol. The molecule has 1 saturated heterocycles. The third-order valence-corrected chi connectivity index (χ3v) is 8.80. The van der Waals surface area contributed by atoms with Crippen LogP contribution in [0.5, 0.6) is 0 Å². The van der Waals surface area contributed by atoms with Crippen LogP contribution in [0.15, 0.2) is 103 Å². The van der Waals surface area contributed by atoms with Gasteiger partial charge in [0.25, 0.3) is 5.69 Å². The number of nitro benzene ring substituents is 1.